The molecule has 1 heterocycles. The number of hydrogen-bond acceptors (Lipinski definition) is 9. The predicted molar refractivity (Wildman–Crippen MR) is 181 cm³/mol. The number of nitrogens with zero attached hydrogens (tertiary/aromatic N) is 2. The number of nitrogens with one attached hydrogen (secondary N) is 2. The summed E-state index contributed by atoms with van der Waals surface area (Å²) in [4.78, 5) is 69.0. The lowest BCUT2D eigenvalue weighted by Gasteiger charge is -2.46. The van der Waals surface area contributed by atoms with Gasteiger partial charge in [0.25, 0.3) is 5.91 Å². The zero-order valence-electron chi connectivity index (χ0n) is 29.5. The summed E-state index contributed by atoms with van der Waals surface area (Å²) in [5.74, 6) is -3.59. The van der Waals surface area contributed by atoms with Gasteiger partial charge in [-0.05, 0) is 56.9 Å². The van der Waals surface area contributed by atoms with Crippen molar-refractivity contribution in [2.24, 2.45) is 29.2 Å². The van der Waals surface area contributed by atoms with Gasteiger partial charge in [-0.3, -0.25) is 29.0 Å². The number of benzene rings is 1. The van der Waals surface area contributed by atoms with E-state index in [2.05, 4.69) is 16.7 Å². The van der Waals surface area contributed by atoms with E-state index in [4.69, 9.17) is 16.2 Å². The summed E-state index contributed by atoms with van der Waals surface area (Å²) >= 11 is 0. The van der Waals surface area contributed by atoms with Gasteiger partial charge in [0.15, 0.2) is 5.66 Å². The average Bonchev–Trinajstić information content (AvgIpc) is 3.25. The van der Waals surface area contributed by atoms with Gasteiger partial charge in [-0.25, -0.2) is 4.79 Å². The van der Waals surface area contributed by atoms with E-state index in [-0.39, 0.29) is 24.3 Å². The summed E-state index contributed by atoms with van der Waals surface area (Å²) in [5, 5.41) is 5.63. The van der Waals surface area contributed by atoms with Gasteiger partial charge in [-0.15, -0.1) is 0 Å². The van der Waals surface area contributed by atoms with Crippen molar-refractivity contribution in [2.75, 3.05) is 20.2 Å². The fourth-order valence-corrected chi connectivity index (χ4v) is 5.96. The molecule has 262 valence electrons. The van der Waals surface area contributed by atoms with Gasteiger partial charge in [0.2, 0.25) is 17.7 Å². The van der Waals surface area contributed by atoms with Crippen LogP contribution in [-0.4, -0.2) is 89.4 Å². The summed E-state index contributed by atoms with van der Waals surface area (Å²) in [6.45, 7) is 14.6. The third kappa shape index (κ3) is 9.94. The summed E-state index contributed by atoms with van der Waals surface area (Å²) in [5.41, 5.74) is 13.2. The number of nitrogens with two attached hydrogens (primary N) is 2. The fraction of sp³-hybridized carbons (Fsp3) is 0.629. The van der Waals surface area contributed by atoms with Crippen LogP contribution in [0.25, 0.3) is 0 Å². The minimum absolute atomic E-state index is 0.00273. The summed E-state index contributed by atoms with van der Waals surface area (Å²) in [6.07, 6.45) is 3.25. The minimum atomic E-state index is -1.64. The molecule has 1 aromatic carbocycles. The van der Waals surface area contributed by atoms with E-state index in [0.29, 0.717) is 25.9 Å². The lowest BCUT2D eigenvalue weighted by atomic mass is 9.89. The van der Waals surface area contributed by atoms with Gasteiger partial charge in [0.05, 0.1) is 13.2 Å². The van der Waals surface area contributed by atoms with E-state index >= 15 is 0 Å². The molecule has 4 amide bonds. The van der Waals surface area contributed by atoms with E-state index in [9.17, 15) is 24.0 Å². The lowest BCUT2D eigenvalue weighted by molar-refractivity contribution is -0.169. The molecule has 1 aliphatic rings. The molecule has 2 unspecified atom stereocenters. The predicted octanol–water partition coefficient (Wildman–Crippen LogP) is 2.11. The van der Waals surface area contributed by atoms with E-state index in [1.807, 2.05) is 56.0 Å². The van der Waals surface area contributed by atoms with Crippen LogP contribution < -0.4 is 22.1 Å². The average molecular weight is 657 g/mol. The summed E-state index contributed by atoms with van der Waals surface area (Å²) in [6, 6.07) is 6.88. The van der Waals surface area contributed by atoms with Gasteiger partial charge in [-0.1, -0.05) is 76.6 Å². The fourth-order valence-electron chi connectivity index (χ4n) is 5.96. The number of carbonyl (C=O) groups excluding carboxylic acids is 5. The van der Waals surface area contributed by atoms with Crippen molar-refractivity contribution in [3.05, 3.63) is 47.5 Å². The quantitative estimate of drug-likeness (QED) is 0.173. The second kappa shape index (κ2) is 17.5. The number of methoxy groups -OCH3 is 1. The van der Waals surface area contributed by atoms with Gasteiger partial charge < -0.3 is 26.8 Å². The van der Waals surface area contributed by atoms with Crippen LogP contribution in [0.2, 0.25) is 0 Å². The maximum Gasteiger partial charge on any atom is 0.329 e. The lowest BCUT2D eigenvalue weighted by Crippen LogP contribution is -2.71. The highest BCUT2D eigenvalue weighted by Crippen LogP contribution is 2.31. The second-order valence-corrected chi connectivity index (χ2v) is 13.3. The Hall–Kier alpha value is -3.61. The molecule has 0 aliphatic carbocycles. The van der Waals surface area contributed by atoms with E-state index < -0.39 is 59.3 Å². The highest BCUT2D eigenvalue weighted by Gasteiger charge is 2.51. The molecule has 6 N–H and O–H groups in total. The Labute approximate surface area is 280 Å². The molecule has 47 heavy (non-hydrogen) atoms. The topological polar surface area (TPSA) is 177 Å². The molecule has 1 aliphatic heterocycles. The van der Waals surface area contributed by atoms with E-state index in [0.717, 1.165) is 16.0 Å². The van der Waals surface area contributed by atoms with Crippen LogP contribution in [-0.2, 0) is 35.1 Å². The SMILES string of the molecule is CCC(=O)N(C(=O)[C@@](N)(C(C)C)N1CCC(C(C)NC(=O)[C@H](C)NC(=O)[C@H](C)N)=CC(Cc2ccccc2)C1)[C@H](C(=O)OC)C(C)C. The number of amides is 4. The Balaban J connectivity index is 2.52. The number of ether oxygens (including phenoxy) is 1. The molecule has 0 spiro atoms. The Bertz CT molecular complexity index is 1280. The van der Waals surface area contributed by atoms with Gasteiger partial charge in [-0.2, -0.15) is 0 Å². The molecule has 0 aromatic heterocycles. The Morgan fingerprint density at radius 2 is 1.62 bits per heavy atom. The van der Waals surface area contributed by atoms with Crippen molar-refractivity contribution in [3.8, 4) is 0 Å². The van der Waals surface area contributed by atoms with Crippen LogP contribution in [0, 0.1) is 17.8 Å². The molecule has 1 aromatic rings. The molecule has 12 nitrogen and oxygen atoms in total. The van der Waals surface area contributed by atoms with Crippen LogP contribution in [0.3, 0.4) is 0 Å². The molecule has 2 rings (SSSR count). The van der Waals surface area contributed by atoms with Crippen molar-refractivity contribution in [1.82, 2.24) is 20.4 Å². The zero-order valence-corrected chi connectivity index (χ0v) is 29.5. The monoisotopic (exact) mass is 656 g/mol. The Morgan fingerprint density at radius 3 is 2.13 bits per heavy atom. The summed E-state index contributed by atoms with van der Waals surface area (Å²) in [7, 11) is 1.23. The van der Waals surface area contributed by atoms with Gasteiger partial charge in [0, 0.05) is 25.6 Å². The molecular weight excluding hydrogens is 600 g/mol. The van der Waals surface area contributed by atoms with E-state index in [1.165, 1.54) is 7.11 Å². The highest BCUT2D eigenvalue weighted by molar-refractivity contribution is 6.03. The van der Waals surface area contributed by atoms with E-state index in [1.54, 1.807) is 34.6 Å². The maximum atomic E-state index is 14.6. The first kappa shape index (κ1) is 39.6. The first-order chi connectivity index (χ1) is 22.0. The molecule has 0 bridgehead atoms. The molecule has 0 saturated carbocycles. The number of esters is 1. The van der Waals surface area contributed by atoms with Crippen LogP contribution >= 0.6 is 0 Å². The number of rotatable bonds is 14. The summed E-state index contributed by atoms with van der Waals surface area (Å²) < 4.78 is 5.03. The molecular formula is C35H56N6O6. The maximum absolute atomic E-state index is 14.6. The number of carbonyl (C=O) groups is 5. The largest absolute Gasteiger partial charge is 0.467 e. The van der Waals surface area contributed by atoms with Crippen molar-refractivity contribution < 1.29 is 28.7 Å². The van der Waals surface area contributed by atoms with Crippen molar-refractivity contribution in [2.45, 2.75) is 104 Å². The van der Waals surface area contributed by atoms with Crippen LogP contribution in [0.4, 0.5) is 0 Å². The molecule has 0 radical (unpaired) electrons. The molecule has 0 saturated heterocycles. The van der Waals surface area contributed by atoms with Crippen LogP contribution in [0.1, 0.15) is 73.8 Å². The first-order valence-electron chi connectivity index (χ1n) is 16.6. The normalized spacial score (nSPS) is 19.3. The van der Waals surface area contributed by atoms with Crippen LogP contribution in [0.5, 0.6) is 0 Å². The smallest absolute Gasteiger partial charge is 0.329 e. The Kier molecular flexibility index (Phi) is 14.7. The van der Waals surface area contributed by atoms with Gasteiger partial charge >= 0.3 is 5.97 Å². The second-order valence-electron chi connectivity index (χ2n) is 13.3. The Morgan fingerprint density at radius 1 is 1.00 bits per heavy atom. The first-order valence-corrected chi connectivity index (χ1v) is 16.6. The van der Waals surface area contributed by atoms with Gasteiger partial charge in [0.1, 0.15) is 12.1 Å². The van der Waals surface area contributed by atoms with Crippen molar-refractivity contribution >= 4 is 29.6 Å². The molecule has 6 atom stereocenters. The number of hydrogen-bond donors (Lipinski definition) is 4. The minimum Gasteiger partial charge on any atom is -0.467 e. The van der Waals surface area contributed by atoms with Crippen LogP contribution in [0.15, 0.2) is 42.0 Å². The highest BCUT2D eigenvalue weighted by atomic mass is 16.5. The zero-order chi connectivity index (χ0) is 35.6. The third-order valence-corrected chi connectivity index (χ3v) is 8.88. The molecule has 12 heteroatoms. The molecule has 0 fully saturated rings. The standard InChI is InChI=1S/C35H56N6O6/c1-10-29(42)41(30(21(2)3)33(45)47-9)34(46)35(37,22(4)5)40-17-16-28(19-27(20-40)18-26-14-12-11-13-15-26)24(7)38-32(44)25(8)39-31(43)23(6)36/h11-15,19,21-25,27,30H,10,16-18,20,36-37H2,1-9H3,(H,38,44)(H,39,43)/t23-,24?,25-,27?,30-,35+/m0/s1. The number of imide groups is 1. The van der Waals surface area contributed by atoms with Crippen molar-refractivity contribution in [1.29, 1.82) is 0 Å². The van der Waals surface area contributed by atoms with Crippen molar-refractivity contribution in [3.63, 3.8) is 0 Å². The third-order valence-electron chi connectivity index (χ3n) is 8.88.